The first-order chi connectivity index (χ1) is 9.14. The van der Waals surface area contributed by atoms with Gasteiger partial charge in [0.1, 0.15) is 11.6 Å². The van der Waals surface area contributed by atoms with Crippen molar-refractivity contribution in [3.63, 3.8) is 0 Å². The molecule has 1 aliphatic carbocycles. The molecule has 19 heavy (non-hydrogen) atoms. The molecule has 5 heteroatoms. The fraction of sp³-hybridized carbons (Fsp3) is 0.857. The molecule has 1 N–H and O–H groups in total. The minimum absolute atomic E-state index is 0.0000954. The average molecular weight is 268 g/mol. The van der Waals surface area contributed by atoms with Gasteiger partial charge in [-0.25, -0.2) is 0 Å². The lowest BCUT2D eigenvalue weighted by atomic mass is 9.78. The van der Waals surface area contributed by atoms with Gasteiger partial charge in [0.2, 0.25) is 11.8 Å². The van der Waals surface area contributed by atoms with E-state index in [-0.39, 0.29) is 17.9 Å². The third kappa shape index (κ3) is 2.61. The minimum Gasteiger partial charge on any atom is -0.383 e. The van der Waals surface area contributed by atoms with Crippen LogP contribution in [0.1, 0.15) is 45.4 Å². The standard InChI is InChI=1S/C14H24N2O3/c1-3-11-12(17)15-14(7-5-4-6-8-14)13(18)16(11)9-10-19-2/h11H,3-10H2,1-2H3,(H,15,17). The molecule has 2 rings (SSSR count). The zero-order chi connectivity index (χ0) is 13.9. The van der Waals surface area contributed by atoms with E-state index in [0.717, 1.165) is 32.1 Å². The normalized spacial score (nSPS) is 26.6. The summed E-state index contributed by atoms with van der Waals surface area (Å²) in [6.45, 7) is 2.92. The van der Waals surface area contributed by atoms with Crippen molar-refractivity contribution in [3.05, 3.63) is 0 Å². The third-order valence-electron chi connectivity index (χ3n) is 4.34. The average Bonchev–Trinajstić information content (AvgIpc) is 2.42. The van der Waals surface area contributed by atoms with E-state index in [1.807, 2.05) is 6.92 Å². The molecular weight excluding hydrogens is 244 g/mol. The number of amides is 2. The third-order valence-corrected chi connectivity index (χ3v) is 4.34. The summed E-state index contributed by atoms with van der Waals surface area (Å²) < 4.78 is 5.07. The predicted octanol–water partition coefficient (Wildman–Crippen LogP) is 1.07. The molecule has 1 saturated carbocycles. The first kappa shape index (κ1) is 14.3. The van der Waals surface area contributed by atoms with Crippen LogP contribution >= 0.6 is 0 Å². The fourth-order valence-corrected chi connectivity index (χ4v) is 3.28. The lowest BCUT2D eigenvalue weighted by molar-refractivity contribution is -0.157. The number of methoxy groups -OCH3 is 1. The highest BCUT2D eigenvalue weighted by atomic mass is 16.5. The molecule has 108 valence electrons. The van der Waals surface area contributed by atoms with E-state index < -0.39 is 5.54 Å². The summed E-state index contributed by atoms with van der Waals surface area (Å²) in [7, 11) is 1.62. The van der Waals surface area contributed by atoms with E-state index >= 15 is 0 Å². The van der Waals surface area contributed by atoms with Crippen molar-refractivity contribution in [1.82, 2.24) is 10.2 Å². The molecular formula is C14H24N2O3. The Bertz CT molecular complexity index is 351. The van der Waals surface area contributed by atoms with Crippen molar-refractivity contribution in [2.75, 3.05) is 20.3 Å². The number of nitrogens with zero attached hydrogens (tertiary/aromatic N) is 1. The molecule has 2 fully saturated rings. The molecule has 2 amide bonds. The van der Waals surface area contributed by atoms with Gasteiger partial charge in [-0.1, -0.05) is 26.2 Å². The van der Waals surface area contributed by atoms with Gasteiger partial charge in [0.25, 0.3) is 0 Å². The summed E-state index contributed by atoms with van der Waals surface area (Å²) in [6.07, 6.45) is 5.38. The summed E-state index contributed by atoms with van der Waals surface area (Å²) in [5, 5.41) is 3.02. The van der Waals surface area contributed by atoms with Gasteiger partial charge in [-0.15, -0.1) is 0 Å². The molecule has 0 aromatic carbocycles. The van der Waals surface area contributed by atoms with Crippen molar-refractivity contribution in [1.29, 1.82) is 0 Å². The van der Waals surface area contributed by atoms with Gasteiger partial charge in [0.15, 0.2) is 0 Å². The van der Waals surface area contributed by atoms with E-state index in [1.165, 1.54) is 0 Å². The van der Waals surface area contributed by atoms with Crippen molar-refractivity contribution in [2.45, 2.75) is 57.0 Å². The van der Waals surface area contributed by atoms with Gasteiger partial charge in [0, 0.05) is 13.7 Å². The maximum absolute atomic E-state index is 12.8. The van der Waals surface area contributed by atoms with Gasteiger partial charge >= 0.3 is 0 Å². The van der Waals surface area contributed by atoms with Crippen LogP contribution in [0, 0.1) is 0 Å². The molecule has 1 spiro atoms. The predicted molar refractivity (Wildman–Crippen MR) is 71.6 cm³/mol. The summed E-state index contributed by atoms with van der Waals surface area (Å²) in [4.78, 5) is 26.8. The van der Waals surface area contributed by atoms with Crippen LogP contribution < -0.4 is 5.32 Å². The van der Waals surface area contributed by atoms with Gasteiger partial charge in [0.05, 0.1) is 6.61 Å². The van der Waals surface area contributed by atoms with Crippen molar-refractivity contribution in [2.24, 2.45) is 0 Å². The Balaban J connectivity index is 2.21. The van der Waals surface area contributed by atoms with Crippen LogP contribution in [0.25, 0.3) is 0 Å². The molecule has 0 aromatic heterocycles. The van der Waals surface area contributed by atoms with Gasteiger partial charge in [-0.05, 0) is 19.3 Å². The van der Waals surface area contributed by atoms with E-state index in [2.05, 4.69) is 5.32 Å². The Morgan fingerprint density at radius 1 is 1.32 bits per heavy atom. The van der Waals surface area contributed by atoms with Crippen LogP contribution in [0.3, 0.4) is 0 Å². The van der Waals surface area contributed by atoms with Crippen LogP contribution in [0.5, 0.6) is 0 Å². The van der Waals surface area contributed by atoms with Crippen molar-refractivity contribution < 1.29 is 14.3 Å². The molecule has 1 unspecified atom stereocenters. The van der Waals surface area contributed by atoms with E-state index in [9.17, 15) is 9.59 Å². The summed E-state index contributed by atoms with van der Waals surface area (Å²) in [6, 6.07) is -0.338. The smallest absolute Gasteiger partial charge is 0.249 e. The van der Waals surface area contributed by atoms with Gasteiger partial charge in [-0.3, -0.25) is 9.59 Å². The second-order valence-corrected chi connectivity index (χ2v) is 5.55. The Kier molecular flexibility index (Phi) is 4.45. The zero-order valence-electron chi connectivity index (χ0n) is 11.9. The number of nitrogens with one attached hydrogen (secondary N) is 1. The lowest BCUT2D eigenvalue weighted by Gasteiger charge is -2.47. The second-order valence-electron chi connectivity index (χ2n) is 5.55. The van der Waals surface area contributed by atoms with Gasteiger partial charge < -0.3 is 15.0 Å². The van der Waals surface area contributed by atoms with Crippen molar-refractivity contribution in [3.8, 4) is 0 Å². The lowest BCUT2D eigenvalue weighted by Crippen LogP contribution is -2.71. The highest BCUT2D eigenvalue weighted by Crippen LogP contribution is 2.33. The van der Waals surface area contributed by atoms with Crippen LogP contribution in [0.15, 0.2) is 0 Å². The fourth-order valence-electron chi connectivity index (χ4n) is 3.28. The highest BCUT2D eigenvalue weighted by Gasteiger charge is 2.50. The van der Waals surface area contributed by atoms with E-state index in [4.69, 9.17) is 4.74 Å². The summed E-state index contributed by atoms with van der Waals surface area (Å²) in [5.41, 5.74) is -0.630. The topological polar surface area (TPSA) is 58.6 Å². The molecule has 1 heterocycles. The Morgan fingerprint density at radius 2 is 2.00 bits per heavy atom. The molecule has 0 bridgehead atoms. The number of carbonyl (C=O) groups is 2. The maximum Gasteiger partial charge on any atom is 0.249 e. The van der Waals surface area contributed by atoms with Crippen LogP contribution in [0.4, 0.5) is 0 Å². The number of piperazine rings is 1. The number of hydrogen-bond donors (Lipinski definition) is 1. The Hall–Kier alpha value is -1.10. The maximum atomic E-state index is 12.8. The number of hydrogen-bond acceptors (Lipinski definition) is 3. The molecule has 1 atom stereocenters. The number of rotatable bonds is 4. The monoisotopic (exact) mass is 268 g/mol. The largest absolute Gasteiger partial charge is 0.383 e. The quantitative estimate of drug-likeness (QED) is 0.830. The number of carbonyl (C=O) groups excluding carboxylic acids is 2. The number of ether oxygens (including phenoxy) is 1. The van der Waals surface area contributed by atoms with Crippen LogP contribution in [-0.2, 0) is 14.3 Å². The highest BCUT2D eigenvalue weighted by molar-refractivity contribution is 5.99. The second kappa shape index (κ2) is 5.90. The van der Waals surface area contributed by atoms with Crippen LogP contribution in [-0.4, -0.2) is 48.6 Å². The molecule has 1 aliphatic heterocycles. The first-order valence-electron chi connectivity index (χ1n) is 7.26. The zero-order valence-corrected chi connectivity index (χ0v) is 11.9. The van der Waals surface area contributed by atoms with Gasteiger partial charge in [-0.2, -0.15) is 0 Å². The molecule has 1 saturated heterocycles. The Labute approximate surface area is 114 Å². The first-order valence-corrected chi connectivity index (χ1v) is 7.26. The summed E-state index contributed by atoms with van der Waals surface area (Å²) >= 11 is 0. The molecule has 2 aliphatic rings. The summed E-state index contributed by atoms with van der Waals surface area (Å²) in [5.74, 6) is 0.0933. The van der Waals surface area contributed by atoms with E-state index in [0.29, 0.717) is 19.6 Å². The van der Waals surface area contributed by atoms with E-state index in [1.54, 1.807) is 12.0 Å². The SMILES string of the molecule is CCC1C(=O)NC2(CCCCC2)C(=O)N1CCOC. The van der Waals surface area contributed by atoms with Crippen molar-refractivity contribution >= 4 is 11.8 Å². The minimum atomic E-state index is -0.630. The van der Waals surface area contributed by atoms with Crippen LogP contribution in [0.2, 0.25) is 0 Å². The molecule has 5 nitrogen and oxygen atoms in total. The molecule has 0 aromatic rings. The Morgan fingerprint density at radius 3 is 2.58 bits per heavy atom. The molecule has 0 radical (unpaired) electrons.